The molecule has 0 aromatic heterocycles. The van der Waals surface area contributed by atoms with Gasteiger partial charge in [-0.2, -0.15) is 0 Å². The highest BCUT2D eigenvalue weighted by molar-refractivity contribution is 9.10. The molecule has 0 spiro atoms. The molecule has 2 nitrogen and oxygen atoms in total. The minimum Gasteiger partial charge on any atom is -0.496 e. The molecule has 17 heavy (non-hydrogen) atoms. The molecule has 0 radical (unpaired) electrons. The number of hydrogen-bond donors (Lipinski definition) is 1. The van der Waals surface area contributed by atoms with E-state index in [1.807, 2.05) is 6.07 Å². The molecule has 1 fully saturated rings. The Hall–Kier alpha value is -0.540. The van der Waals surface area contributed by atoms with Gasteiger partial charge in [0.05, 0.1) is 11.6 Å². The molecule has 0 heterocycles. The SMILES string of the molecule is CCCNC(c1ccc(OC)c(Br)c1)C1CC1. The average Bonchev–Trinajstić information content (AvgIpc) is 3.14. The van der Waals surface area contributed by atoms with Crippen molar-refractivity contribution in [3.05, 3.63) is 28.2 Å². The maximum absolute atomic E-state index is 5.27. The number of methoxy groups -OCH3 is 1. The summed E-state index contributed by atoms with van der Waals surface area (Å²) in [4.78, 5) is 0. The first-order valence-electron chi connectivity index (χ1n) is 6.33. The molecular weight excluding hydrogens is 278 g/mol. The molecular formula is C14H20BrNO. The van der Waals surface area contributed by atoms with Crippen LogP contribution in [0, 0.1) is 5.92 Å². The third kappa shape index (κ3) is 3.23. The standard InChI is InChI=1S/C14H20BrNO/c1-3-8-16-14(10-4-5-10)11-6-7-13(17-2)12(15)9-11/h6-7,9-10,14,16H,3-5,8H2,1-2H3. The number of benzene rings is 1. The minimum atomic E-state index is 0.511. The molecule has 1 atom stereocenters. The van der Waals surface area contributed by atoms with Crippen molar-refractivity contribution in [2.45, 2.75) is 32.2 Å². The summed E-state index contributed by atoms with van der Waals surface area (Å²) in [6.07, 6.45) is 3.89. The Morgan fingerprint density at radius 2 is 2.24 bits per heavy atom. The molecule has 1 N–H and O–H groups in total. The molecule has 1 aliphatic carbocycles. The van der Waals surface area contributed by atoms with Crippen LogP contribution in [-0.2, 0) is 0 Å². The zero-order valence-corrected chi connectivity index (χ0v) is 12.1. The molecule has 0 bridgehead atoms. The summed E-state index contributed by atoms with van der Waals surface area (Å²) < 4.78 is 6.31. The number of ether oxygens (including phenoxy) is 1. The molecule has 1 aromatic carbocycles. The van der Waals surface area contributed by atoms with Crippen molar-refractivity contribution in [1.82, 2.24) is 5.32 Å². The van der Waals surface area contributed by atoms with Gasteiger partial charge in [-0.25, -0.2) is 0 Å². The van der Waals surface area contributed by atoms with Gasteiger partial charge in [-0.05, 0) is 65.4 Å². The maximum atomic E-state index is 5.27. The van der Waals surface area contributed by atoms with E-state index in [1.54, 1.807) is 7.11 Å². The smallest absolute Gasteiger partial charge is 0.133 e. The van der Waals surface area contributed by atoms with Gasteiger partial charge in [-0.15, -0.1) is 0 Å². The van der Waals surface area contributed by atoms with E-state index in [0.29, 0.717) is 6.04 Å². The van der Waals surface area contributed by atoms with Gasteiger partial charge in [0.1, 0.15) is 5.75 Å². The third-order valence-corrected chi connectivity index (χ3v) is 3.86. The van der Waals surface area contributed by atoms with Crippen LogP contribution in [0.4, 0.5) is 0 Å². The molecule has 0 amide bonds. The van der Waals surface area contributed by atoms with Crippen LogP contribution in [0.25, 0.3) is 0 Å². The Balaban J connectivity index is 2.14. The van der Waals surface area contributed by atoms with Crippen molar-refractivity contribution in [3.8, 4) is 5.75 Å². The van der Waals surface area contributed by atoms with E-state index >= 15 is 0 Å². The average molecular weight is 298 g/mol. The van der Waals surface area contributed by atoms with Gasteiger partial charge in [0, 0.05) is 6.04 Å². The van der Waals surface area contributed by atoms with Crippen LogP contribution < -0.4 is 10.1 Å². The summed E-state index contributed by atoms with van der Waals surface area (Å²) >= 11 is 3.56. The third-order valence-electron chi connectivity index (χ3n) is 3.24. The number of nitrogens with one attached hydrogen (secondary N) is 1. The molecule has 1 saturated carbocycles. The second-order valence-corrected chi connectivity index (χ2v) is 5.52. The fraction of sp³-hybridized carbons (Fsp3) is 0.571. The summed E-state index contributed by atoms with van der Waals surface area (Å²) in [5, 5.41) is 3.65. The summed E-state index contributed by atoms with van der Waals surface area (Å²) in [7, 11) is 1.70. The van der Waals surface area contributed by atoms with Crippen LogP contribution in [0.1, 0.15) is 37.8 Å². The monoisotopic (exact) mass is 297 g/mol. The van der Waals surface area contributed by atoms with Crippen molar-refractivity contribution >= 4 is 15.9 Å². The number of rotatable bonds is 6. The van der Waals surface area contributed by atoms with E-state index in [9.17, 15) is 0 Å². The van der Waals surface area contributed by atoms with E-state index in [4.69, 9.17) is 4.74 Å². The molecule has 2 rings (SSSR count). The van der Waals surface area contributed by atoms with Gasteiger partial charge in [0.2, 0.25) is 0 Å². The molecule has 0 saturated heterocycles. The molecule has 1 aromatic rings. The van der Waals surface area contributed by atoms with Crippen LogP contribution in [-0.4, -0.2) is 13.7 Å². The summed E-state index contributed by atoms with van der Waals surface area (Å²) in [5.74, 6) is 1.72. The van der Waals surface area contributed by atoms with E-state index < -0.39 is 0 Å². The number of hydrogen-bond acceptors (Lipinski definition) is 2. The van der Waals surface area contributed by atoms with Crippen LogP contribution in [0.3, 0.4) is 0 Å². The number of halogens is 1. The fourth-order valence-electron chi connectivity index (χ4n) is 2.16. The molecule has 94 valence electrons. The lowest BCUT2D eigenvalue weighted by atomic mass is 10.0. The van der Waals surface area contributed by atoms with Crippen LogP contribution in [0.2, 0.25) is 0 Å². The second kappa shape index (κ2) is 5.87. The zero-order chi connectivity index (χ0) is 12.3. The molecule has 1 unspecified atom stereocenters. The summed E-state index contributed by atoms with van der Waals surface area (Å²) in [6, 6.07) is 6.92. The van der Waals surface area contributed by atoms with E-state index in [0.717, 1.165) is 22.7 Å². The maximum Gasteiger partial charge on any atom is 0.133 e. The van der Waals surface area contributed by atoms with Gasteiger partial charge < -0.3 is 10.1 Å². The molecule has 3 heteroatoms. The lowest BCUT2D eigenvalue weighted by Crippen LogP contribution is -2.23. The predicted molar refractivity (Wildman–Crippen MR) is 74.5 cm³/mol. The van der Waals surface area contributed by atoms with Crippen molar-refractivity contribution in [2.75, 3.05) is 13.7 Å². The second-order valence-electron chi connectivity index (χ2n) is 4.66. The lowest BCUT2D eigenvalue weighted by Gasteiger charge is -2.19. The van der Waals surface area contributed by atoms with Gasteiger partial charge in [0.25, 0.3) is 0 Å². The van der Waals surface area contributed by atoms with Crippen molar-refractivity contribution in [2.24, 2.45) is 5.92 Å². The highest BCUT2D eigenvalue weighted by Crippen LogP contribution is 2.42. The van der Waals surface area contributed by atoms with Gasteiger partial charge in [0.15, 0.2) is 0 Å². The first kappa shape index (κ1) is 12.9. The Kier molecular flexibility index (Phi) is 4.46. The normalized spacial score (nSPS) is 16.9. The quantitative estimate of drug-likeness (QED) is 0.860. The van der Waals surface area contributed by atoms with Crippen LogP contribution in [0.15, 0.2) is 22.7 Å². The molecule has 0 aliphatic heterocycles. The van der Waals surface area contributed by atoms with E-state index in [1.165, 1.54) is 24.8 Å². The highest BCUT2D eigenvalue weighted by atomic mass is 79.9. The van der Waals surface area contributed by atoms with E-state index in [2.05, 4.69) is 40.3 Å². The Morgan fingerprint density at radius 1 is 1.47 bits per heavy atom. The largest absolute Gasteiger partial charge is 0.496 e. The first-order valence-corrected chi connectivity index (χ1v) is 7.12. The van der Waals surface area contributed by atoms with Crippen molar-refractivity contribution < 1.29 is 4.74 Å². The Morgan fingerprint density at radius 3 is 2.76 bits per heavy atom. The zero-order valence-electron chi connectivity index (χ0n) is 10.5. The van der Waals surface area contributed by atoms with Crippen molar-refractivity contribution in [3.63, 3.8) is 0 Å². The van der Waals surface area contributed by atoms with Crippen molar-refractivity contribution in [1.29, 1.82) is 0 Å². The fourth-order valence-corrected chi connectivity index (χ4v) is 2.72. The predicted octanol–water partition coefficient (Wildman–Crippen LogP) is 3.91. The first-order chi connectivity index (χ1) is 8.26. The van der Waals surface area contributed by atoms with Crippen LogP contribution >= 0.6 is 15.9 Å². The highest BCUT2D eigenvalue weighted by Gasteiger charge is 2.31. The van der Waals surface area contributed by atoms with Crippen LogP contribution in [0.5, 0.6) is 5.75 Å². The van der Waals surface area contributed by atoms with Gasteiger partial charge in [-0.1, -0.05) is 13.0 Å². The van der Waals surface area contributed by atoms with Gasteiger partial charge >= 0.3 is 0 Å². The molecule has 1 aliphatic rings. The summed E-state index contributed by atoms with van der Waals surface area (Å²) in [6.45, 7) is 3.30. The topological polar surface area (TPSA) is 21.3 Å². The summed E-state index contributed by atoms with van der Waals surface area (Å²) in [5.41, 5.74) is 1.37. The van der Waals surface area contributed by atoms with E-state index in [-0.39, 0.29) is 0 Å². The minimum absolute atomic E-state index is 0.511. The Bertz CT molecular complexity index is 376. The Labute approximate surface area is 112 Å². The lowest BCUT2D eigenvalue weighted by molar-refractivity contribution is 0.411. The van der Waals surface area contributed by atoms with Gasteiger partial charge in [-0.3, -0.25) is 0 Å².